The van der Waals surface area contributed by atoms with Crippen LogP contribution in [0.3, 0.4) is 0 Å². The van der Waals surface area contributed by atoms with Crippen LogP contribution < -0.4 is 5.46 Å². The first-order chi connectivity index (χ1) is 4.86. The molecule has 0 aromatic carbocycles. The highest BCUT2D eigenvalue weighted by Gasteiger charge is 1.94. The van der Waals surface area contributed by atoms with Crippen LogP contribution in [0.4, 0.5) is 0 Å². The van der Waals surface area contributed by atoms with Crippen molar-refractivity contribution in [2.75, 3.05) is 6.26 Å². The molecule has 51 valence electrons. The van der Waals surface area contributed by atoms with E-state index in [1.807, 2.05) is 12.3 Å². The summed E-state index contributed by atoms with van der Waals surface area (Å²) in [6.45, 7) is 0. The molecule has 0 bridgehead atoms. The standard InChI is InChI=1S/C6H7BNOS/c1-10-6-2-5(7-9)3-8-4-6/h2-4,9H,1H3. The van der Waals surface area contributed by atoms with Crippen LogP contribution in [0.5, 0.6) is 0 Å². The van der Waals surface area contributed by atoms with Crippen LogP contribution in [0.15, 0.2) is 23.4 Å². The summed E-state index contributed by atoms with van der Waals surface area (Å²) in [6.07, 6.45) is 5.34. The molecule has 0 unspecified atom stereocenters. The van der Waals surface area contributed by atoms with E-state index in [4.69, 9.17) is 5.02 Å². The third kappa shape index (κ3) is 1.75. The molecule has 1 radical (unpaired) electrons. The Morgan fingerprint density at radius 1 is 1.60 bits per heavy atom. The highest BCUT2D eigenvalue weighted by atomic mass is 32.2. The van der Waals surface area contributed by atoms with Gasteiger partial charge in [-0.2, -0.15) is 0 Å². The highest BCUT2D eigenvalue weighted by Crippen LogP contribution is 2.09. The number of rotatable bonds is 2. The smallest absolute Gasteiger partial charge is 0.328 e. The number of thioether (sulfide) groups is 1. The molecular formula is C6H7BNOS. The Labute approximate surface area is 65.0 Å². The molecule has 0 aliphatic carbocycles. The first-order valence-electron chi connectivity index (χ1n) is 2.83. The van der Waals surface area contributed by atoms with Crippen LogP contribution in [-0.2, 0) is 0 Å². The van der Waals surface area contributed by atoms with Crippen molar-refractivity contribution < 1.29 is 5.02 Å². The van der Waals surface area contributed by atoms with Gasteiger partial charge < -0.3 is 5.02 Å². The molecule has 1 aromatic heterocycles. The van der Waals surface area contributed by atoms with Crippen molar-refractivity contribution in [1.29, 1.82) is 0 Å². The second-order valence-electron chi connectivity index (χ2n) is 1.79. The lowest BCUT2D eigenvalue weighted by molar-refractivity contribution is 0.615. The van der Waals surface area contributed by atoms with Crippen LogP contribution in [0.2, 0.25) is 0 Å². The minimum absolute atomic E-state index is 0.742. The van der Waals surface area contributed by atoms with Crippen molar-refractivity contribution in [2.45, 2.75) is 4.90 Å². The Hall–Kier alpha value is -0.475. The van der Waals surface area contributed by atoms with Crippen LogP contribution in [0, 0.1) is 0 Å². The molecule has 1 N–H and O–H groups in total. The maximum Gasteiger partial charge on any atom is 0.328 e. The summed E-state index contributed by atoms with van der Waals surface area (Å²) >= 11 is 1.60. The lowest BCUT2D eigenvalue weighted by atomic mass is 9.91. The van der Waals surface area contributed by atoms with E-state index in [0.717, 1.165) is 17.8 Å². The van der Waals surface area contributed by atoms with E-state index in [-0.39, 0.29) is 0 Å². The van der Waals surface area contributed by atoms with Gasteiger partial charge in [0.1, 0.15) is 0 Å². The maximum atomic E-state index is 8.58. The van der Waals surface area contributed by atoms with Gasteiger partial charge in [0, 0.05) is 17.3 Å². The van der Waals surface area contributed by atoms with Gasteiger partial charge in [0.25, 0.3) is 0 Å². The van der Waals surface area contributed by atoms with E-state index in [1.165, 1.54) is 0 Å². The van der Waals surface area contributed by atoms with Gasteiger partial charge in [-0.25, -0.2) is 0 Å². The lowest BCUT2D eigenvalue weighted by Gasteiger charge is -1.95. The summed E-state index contributed by atoms with van der Waals surface area (Å²) in [5, 5.41) is 8.58. The van der Waals surface area contributed by atoms with Crippen LogP contribution in [0.1, 0.15) is 0 Å². The Bertz CT molecular complexity index is 199. The fraction of sp³-hybridized carbons (Fsp3) is 0.167. The van der Waals surface area contributed by atoms with Gasteiger partial charge in [-0.1, -0.05) is 0 Å². The first-order valence-corrected chi connectivity index (χ1v) is 4.06. The zero-order valence-corrected chi connectivity index (χ0v) is 6.43. The van der Waals surface area contributed by atoms with Crippen molar-refractivity contribution in [2.24, 2.45) is 0 Å². The molecule has 10 heavy (non-hydrogen) atoms. The van der Waals surface area contributed by atoms with Crippen molar-refractivity contribution in [3.05, 3.63) is 18.5 Å². The SMILES string of the molecule is CSc1cncc([B]O)c1. The normalized spacial score (nSPS) is 9.40. The Balaban J connectivity index is 2.87. The van der Waals surface area contributed by atoms with Crippen LogP contribution in [0.25, 0.3) is 0 Å². The molecule has 1 aromatic rings. The molecule has 0 aliphatic rings. The number of hydrogen-bond donors (Lipinski definition) is 1. The van der Waals surface area contributed by atoms with Crippen molar-refractivity contribution in [1.82, 2.24) is 4.98 Å². The lowest BCUT2D eigenvalue weighted by Crippen LogP contribution is -2.13. The average Bonchev–Trinajstić information content (AvgIpc) is 2.05. The molecule has 0 atom stereocenters. The summed E-state index contributed by atoms with van der Waals surface area (Å²) in [5.41, 5.74) is 0.742. The predicted molar refractivity (Wildman–Crippen MR) is 43.6 cm³/mol. The fourth-order valence-electron chi connectivity index (χ4n) is 0.618. The number of hydrogen-bond acceptors (Lipinski definition) is 3. The van der Waals surface area contributed by atoms with Crippen LogP contribution >= 0.6 is 11.8 Å². The van der Waals surface area contributed by atoms with Gasteiger partial charge in [-0.3, -0.25) is 4.98 Å². The van der Waals surface area contributed by atoms with Gasteiger partial charge in [0.2, 0.25) is 0 Å². The number of pyridine rings is 1. The molecule has 0 spiro atoms. The summed E-state index contributed by atoms with van der Waals surface area (Å²) in [7, 11) is 1.05. The Morgan fingerprint density at radius 3 is 3.00 bits per heavy atom. The molecule has 1 rings (SSSR count). The third-order valence-electron chi connectivity index (χ3n) is 1.12. The molecule has 0 amide bonds. The first kappa shape index (κ1) is 7.63. The van der Waals surface area contributed by atoms with E-state index in [1.54, 1.807) is 24.2 Å². The van der Waals surface area contributed by atoms with E-state index in [9.17, 15) is 0 Å². The molecule has 0 aliphatic heterocycles. The Morgan fingerprint density at radius 2 is 2.40 bits per heavy atom. The van der Waals surface area contributed by atoms with Gasteiger partial charge in [-0.05, 0) is 17.8 Å². The minimum atomic E-state index is 0.742. The zero-order valence-electron chi connectivity index (χ0n) is 5.61. The van der Waals surface area contributed by atoms with E-state index < -0.39 is 0 Å². The number of nitrogens with zero attached hydrogens (tertiary/aromatic N) is 1. The van der Waals surface area contributed by atoms with E-state index in [2.05, 4.69) is 4.98 Å². The number of aromatic nitrogens is 1. The Kier molecular flexibility index (Phi) is 2.77. The quantitative estimate of drug-likeness (QED) is 0.479. The molecule has 0 saturated heterocycles. The molecule has 2 nitrogen and oxygen atoms in total. The molecule has 4 heteroatoms. The van der Waals surface area contributed by atoms with E-state index in [0.29, 0.717) is 0 Å². The summed E-state index contributed by atoms with van der Waals surface area (Å²) < 4.78 is 0. The fourth-order valence-corrected chi connectivity index (χ4v) is 1.04. The monoisotopic (exact) mass is 152 g/mol. The van der Waals surface area contributed by atoms with Gasteiger partial charge in [0.05, 0.1) is 0 Å². The second-order valence-corrected chi connectivity index (χ2v) is 2.67. The van der Waals surface area contributed by atoms with Crippen LogP contribution in [-0.4, -0.2) is 23.7 Å². The highest BCUT2D eigenvalue weighted by molar-refractivity contribution is 7.98. The van der Waals surface area contributed by atoms with Gasteiger partial charge >= 0.3 is 7.48 Å². The second kappa shape index (κ2) is 3.63. The average molecular weight is 152 g/mol. The van der Waals surface area contributed by atoms with E-state index >= 15 is 0 Å². The van der Waals surface area contributed by atoms with Crippen molar-refractivity contribution >= 4 is 24.7 Å². The molecule has 0 fully saturated rings. The van der Waals surface area contributed by atoms with Crippen molar-refractivity contribution in [3.63, 3.8) is 0 Å². The minimum Gasteiger partial charge on any atom is -0.450 e. The summed E-state index contributed by atoms with van der Waals surface area (Å²) in [6, 6.07) is 1.87. The zero-order chi connectivity index (χ0) is 7.40. The molecule has 1 heterocycles. The summed E-state index contributed by atoms with van der Waals surface area (Å²) in [5.74, 6) is 0. The third-order valence-corrected chi connectivity index (χ3v) is 1.81. The maximum absolute atomic E-state index is 8.58. The largest absolute Gasteiger partial charge is 0.450 e. The van der Waals surface area contributed by atoms with Gasteiger partial charge in [-0.15, -0.1) is 11.8 Å². The van der Waals surface area contributed by atoms with Crippen molar-refractivity contribution in [3.8, 4) is 0 Å². The molecular weight excluding hydrogens is 145 g/mol. The molecule has 0 saturated carbocycles. The topological polar surface area (TPSA) is 33.1 Å². The summed E-state index contributed by atoms with van der Waals surface area (Å²) in [4.78, 5) is 4.97. The predicted octanol–water partition coefficient (Wildman–Crippen LogP) is 0.0403. The van der Waals surface area contributed by atoms with Gasteiger partial charge in [0.15, 0.2) is 0 Å².